The van der Waals surface area contributed by atoms with Crippen LogP contribution in [-0.2, 0) is 10.0 Å². The zero-order valence-corrected chi connectivity index (χ0v) is 10.7. The molecule has 0 saturated heterocycles. The Morgan fingerprint density at radius 3 is 2.59 bits per heavy atom. The summed E-state index contributed by atoms with van der Waals surface area (Å²) in [7, 11) is -2.14. The molecular weight excluding hydrogens is 240 g/mol. The lowest BCUT2D eigenvalue weighted by Crippen LogP contribution is -2.31. The fourth-order valence-electron chi connectivity index (χ4n) is 1.37. The van der Waals surface area contributed by atoms with Crippen LogP contribution in [0.2, 0.25) is 0 Å². The molecule has 6 heteroatoms. The first-order valence-electron chi connectivity index (χ1n) is 4.97. The first-order chi connectivity index (χ1) is 7.90. The van der Waals surface area contributed by atoms with Gasteiger partial charge in [0.2, 0.25) is 10.0 Å². The summed E-state index contributed by atoms with van der Waals surface area (Å²) in [6, 6.07) is 5.71. The Balaban J connectivity index is 3.13. The average Bonchev–Trinajstić information content (AvgIpc) is 2.27. The number of hydrogen-bond donors (Lipinski definition) is 1. The van der Waals surface area contributed by atoms with E-state index in [-0.39, 0.29) is 4.90 Å². The average molecular weight is 254 g/mol. The molecule has 0 heterocycles. The molecule has 0 aromatic heterocycles. The lowest BCUT2D eigenvalue weighted by molar-refractivity contribution is 0.414. The number of nitrogens with zero attached hydrogens (tertiary/aromatic N) is 1. The fourth-order valence-corrected chi connectivity index (χ4v) is 2.75. The molecule has 0 radical (unpaired) electrons. The minimum Gasteiger partial charge on any atom is -0.497 e. The number of benzene rings is 1. The maximum atomic E-state index is 11.9. The molecule has 1 aromatic rings. The second-order valence-electron chi connectivity index (χ2n) is 3.60. The smallest absolute Gasteiger partial charge is 0.241 e. The van der Waals surface area contributed by atoms with Gasteiger partial charge in [0.25, 0.3) is 0 Å². The summed E-state index contributed by atoms with van der Waals surface area (Å²) in [4.78, 5) is 0.153. The third-order valence-corrected chi connectivity index (χ3v) is 3.90. The molecule has 0 aliphatic rings. The normalized spacial score (nSPS) is 12.8. The van der Waals surface area contributed by atoms with Crippen LogP contribution >= 0.6 is 0 Å². The van der Waals surface area contributed by atoms with Crippen molar-refractivity contribution in [3.05, 3.63) is 23.8 Å². The van der Waals surface area contributed by atoms with Crippen LogP contribution in [0.5, 0.6) is 5.75 Å². The van der Waals surface area contributed by atoms with E-state index in [4.69, 9.17) is 10.00 Å². The van der Waals surface area contributed by atoms with E-state index in [1.54, 1.807) is 19.1 Å². The molecule has 0 saturated carbocycles. The van der Waals surface area contributed by atoms with Crippen LogP contribution in [0.3, 0.4) is 0 Å². The zero-order chi connectivity index (χ0) is 13.1. The summed E-state index contributed by atoms with van der Waals surface area (Å²) in [5.74, 6) is 0.592. The van der Waals surface area contributed by atoms with E-state index in [1.807, 2.05) is 6.07 Å². The molecule has 0 aliphatic carbocycles. The first kappa shape index (κ1) is 13.5. The number of nitrogens with one attached hydrogen (secondary N) is 1. The predicted molar refractivity (Wildman–Crippen MR) is 63.1 cm³/mol. The molecule has 1 N–H and O–H groups in total. The monoisotopic (exact) mass is 254 g/mol. The predicted octanol–water partition coefficient (Wildman–Crippen LogP) is 1.19. The molecule has 0 spiro atoms. The SMILES string of the molecule is COc1ccc(S(=O)(=O)NC(C)C#N)c(C)c1. The molecule has 5 nitrogen and oxygen atoms in total. The van der Waals surface area contributed by atoms with Gasteiger partial charge in [-0.05, 0) is 37.6 Å². The molecule has 17 heavy (non-hydrogen) atoms. The van der Waals surface area contributed by atoms with Crippen molar-refractivity contribution in [3.8, 4) is 11.8 Å². The van der Waals surface area contributed by atoms with Gasteiger partial charge in [0.05, 0.1) is 18.1 Å². The standard InChI is InChI=1S/C11H14N2O3S/c1-8-6-10(16-3)4-5-11(8)17(14,15)13-9(2)7-12/h4-6,9,13H,1-3H3. The Bertz CT molecular complexity index is 546. The van der Waals surface area contributed by atoms with E-state index in [9.17, 15) is 8.42 Å². The van der Waals surface area contributed by atoms with Gasteiger partial charge in [-0.15, -0.1) is 0 Å². The quantitative estimate of drug-likeness (QED) is 0.875. The van der Waals surface area contributed by atoms with E-state index in [0.29, 0.717) is 11.3 Å². The highest BCUT2D eigenvalue weighted by molar-refractivity contribution is 7.89. The Morgan fingerprint density at radius 1 is 1.47 bits per heavy atom. The second-order valence-corrected chi connectivity index (χ2v) is 5.29. The summed E-state index contributed by atoms with van der Waals surface area (Å²) < 4.78 is 31.1. The number of rotatable bonds is 4. The topological polar surface area (TPSA) is 79.2 Å². The van der Waals surface area contributed by atoms with Crippen LogP contribution in [0.4, 0.5) is 0 Å². The maximum Gasteiger partial charge on any atom is 0.241 e. The van der Waals surface area contributed by atoms with Gasteiger partial charge in [0, 0.05) is 0 Å². The molecule has 0 bridgehead atoms. The van der Waals surface area contributed by atoms with Gasteiger partial charge in [-0.3, -0.25) is 0 Å². The molecular formula is C11H14N2O3S. The van der Waals surface area contributed by atoms with E-state index in [2.05, 4.69) is 4.72 Å². The van der Waals surface area contributed by atoms with Gasteiger partial charge in [-0.25, -0.2) is 8.42 Å². The van der Waals surface area contributed by atoms with E-state index in [0.717, 1.165) is 0 Å². The second kappa shape index (κ2) is 5.17. The Morgan fingerprint density at radius 2 is 2.12 bits per heavy atom. The number of sulfonamides is 1. The highest BCUT2D eigenvalue weighted by Crippen LogP contribution is 2.20. The third kappa shape index (κ3) is 3.19. The van der Waals surface area contributed by atoms with Gasteiger partial charge in [0.1, 0.15) is 11.8 Å². The van der Waals surface area contributed by atoms with Crippen LogP contribution < -0.4 is 9.46 Å². The van der Waals surface area contributed by atoms with Crippen molar-refractivity contribution in [1.82, 2.24) is 4.72 Å². The maximum absolute atomic E-state index is 11.9. The molecule has 0 amide bonds. The Kier molecular flexibility index (Phi) is 4.10. The summed E-state index contributed by atoms with van der Waals surface area (Å²) in [5.41, 5.74) is 0.571. The van der Waals surface area contributed by atoms with Crippen molar-refractivity contribution in [2.75, 3.05) is 7.11 Å². The van der Waals surface area contributed by atoms with Crippen LogP contribution in [0.1, 0.15) is 12.5 Å². The highest BCUT2D eigenvalue weighted by Gasteiger charge is 2.19. The summed E-state index contributed by atoms with van der Waals surface area (Å²) in [5, 5.41) is 8.60. The highest BCUT2D eigenvalue weighted by atomic mass is 32.2. The molecule has 1 aromatic carbocycles. The van der Waals surface area contributed by atoms with Crippen molar-refractivity contribution in [2.24, 2.45) is 0 Å². The van der Waals surface area contributed by atoms with Crippen molar-refractivity contribution < 1.29 is 13.2 Å². The van der Waals surface area contributed by atoms with Gasteiger partial charge in [0.15, 0.2) is 0 Å². The lowest BCUT2D eigenvalue weighted by atomic mass is 10.2. The Labute approximate surface area is 101 Å². The van der Waals surface area contributed by atoms with E-state index < -0.39 is 16.1 Å². The van der Waals surface area contributed by atoms with Gasteiger partial charge >= 0.3 is 0 Å². The number of methoxy groups -OCH3 is 1. The number of nitriles is 1. The molecule has 1 unspecified atom stereocenters. The number of hydrogen-bond acceptors (Lipinski definition) is 4. The zero-order valence-electron chi connectivity index (χ0n) is 9.89. The van der Waals surface area contributed by atoms with Gasteiger partial charge in [-0.2, -0.15) is 9.98 Å². The number of ether oxygens (including phenoxy) is 1. The third-order valence-electron chi connectivity index (χ3n) is 2.20. The van der Waals surface area contributed by atoms with E-state index >= 15 is 0 Å². The minimum atomic E-state index is -3.66. The van der Waals surface area contributed by atoms with Crippen molar-refractivity contribution in [3.63, 3.8) is 0 Å². The first-order valence-corrected chi connectivity index (χ1v) is 6.45. The summed E-state index contributed by atoms with van der Waals surface area (Å²) in [6.45, 7) is 3.16. The van der Waals surface area contributed by atoms with Crippen molar-refractivity contribution in [1.29, 1.82) is 5.26 Å². The largest absolute Gasteiger partial charge is 0.497 e. The lowest BCUT2D eigenvalue weighted by Gasteiger charge is -2.11. The van der Waals surface area contributed by atoms with Gasteiger partial charge < -0.3 is 4.74 Å². The van der Waals surface area contributed by atoms with E-state index in [1.165, 1.54) is 20.1 Å². The number of aryl methyl sites for hydroxylation is 1. The van der Waals surface area contributed by atoms with Crippen LogP contribution in [0.15, 0.2) is 23.1 Å². The minimum absolute atomic E-state index is 0.153. The van der Waals surface area contributed by atoms with Crippen LogP contribution in [0, 0.1) is 18.3 Å². The molecule has 0 fully saturated rings. The summed E-state index contributed by atoms with van der Waals surface area (Å²) in [6.07, 6.45) is 0. The molecule has 1 atom stereocenters. The molecule has 1 rings (SSSR count). The Hall–Kier alpha value is -1.58. The molecule has 0 aliphatic heterocycles. The fraction of sp³-hybridized carbons (Fsp3) is 0.364. The van der Waals surface area contributed by atoms with Crippen molar-refractivity contribution >= 4 is 10.0 Å². The van der Waals surface area contributed by atoms with Crippen molar-refractivity contribution in [2.45, 2.75) is 24.8 Å². The summed E-state index contributed by atoms with van der Waals surface area (Å²) >= 11 is 0. The molecule has 92 valence electrons. The van der Waals surface area contributed by atoms with Crippen LogP contribution in [0.25, 0.3) is 0 Å². The van der Waals surface area contributed by atoms with Gasteiger partial charge in [-0.1, -0.05) is 0 Å². The van der Waals surface area contributed by atoms with Crippen LogP contribution in [-0.4, -0.2) is 21.6 Å².